The number of rotatable bonds is 6. The number of primary amides is 1. The average Bonchev–Trinajstić information content (AvgIpc) is 3.24. The van der Waals surface area contributed by atoms with Crippen molar-refractivity contribution in [2.24, 2.45) is 5.73 Å². The molecule has 1 heterocycles. The highest BCUT2D eigenvalue weighted by molar-refractivity contribution is 6.35. The quantitative estimate of drug-likeness (QED) is 0.609. The third-order valence-electron chi connectivity index (χ3n) is 4.81. The second-order valence-corrected chi connectivity index (χ2v) is 7.84. The Bertz CT molecular complexity index is 1030. The number of benzene rings is 2. The first-order valence-electron chi connectivity index (χ1n) is 9.49. The van der Waals surface area contributed by atoms with Crippen molar-refractivity contribution in [2.45, 2.75) is 18.9 Å². The maximum Gasteiger partial charge on any atom is 0.256 e. The molecule has 1 aliphatic heterocycles. The van der Waals surface area contributed by atoms with Crippen LogP contribution in [-0.4, -0.2) is 47.7 Å². The van der Waals surface area contributed by atoms with Gasteiger partial charge in [0.2, 0.25) is 11.8 Å². The summed E-state index contributed by atoms with van der Waals surface area (Å²) in [5.74, 6) is -1.80. The summed E-state index contributed by atoms with van der Waals surface area (Å²) in [6.07, 6.45) is 1.20. The average molecular weight is 463 g/mol. The number of hydrogen-bond acceptors (Lipinski definition) is 4. The van der Waals surface area contributed by atoms with Gasteiger partial charge in [0.15, 0.2) is 0 Å². The van der Waals surface area contributed by atoms with Crippen molar-refractivity contribution in [2.75, 3.05) is 18.4 Å². The van der Waals surface area contributed by atoms with Crippen LogP contribution in [0.1, 0.15) is 33.6 Å². The van der Waals surface area contributed by atoms with Crippen LogP contribution in [0.4, 0.5) is 5.69 Å². The minimum Gasteiger partial charge on any atom is -0.368 e. The molecular formula is C21H20Cl2N4O4. The minimum absolute atomic E-state index is 0.250. The zero-order valence-corrected chi connectivity index (χ0v) is 17.9. The molecule has 0 aromatic heterocycles. The van der Waals surface area contributed by atoms with Crippen LogP contribution in [-0.2, 0) is 9.59 Å². The summed E-state index contributed by atoms with van der Waals surface area (Å²) in [6, 6.07) is 10.1. The molecule has 31 heavy (non-hydrogen) atoms. The first-order chi connectivity index (χ1) is 14.8. The second kappa shape index (κ2) is 9.80. The first kappa shape index (κ1) is 22.6. The summed E-state index contributed by atoms with van der Waals surface area (Å²) in [5.41, 5.74) is 6.03. The van der Waals surface area contributed by atoms with E-state index in [0.29, 0.717) is 35.7 Å². The molecule has 2 aromatic carbocycles. The lowest BCUT2D eigenvalue weighted by Gasteiger charge is -2.24. The van der Waals surface area contributed by atoms with Crippen LogP contribution in [0.5, 0.6) is 0 Å². The Morgan fingerprint density at radius 3 is 2.45 bits per heavy atom. The third kappa shape index (κ3) is 5.53. The van der Waals surface area contributed by atoms with Gasteiger partial charge in [-0.05, 0) is 55.3 Å². The molecule has 162 valence electrons. The molecule has 4 N–H and O–H groups in total. The highest BCUT2D eigenvalue weighted by Gasteiger charge is 2.35. The van der Waals surface area contributed by atoms with E-state index in [1.165, 1.54) is 23.1 Å². The van der Waals surface area contributed by atoms with E-state index in [9.17, 15) is 19.2 Å². The number of halogens is 2. The Morgan fingerprint density at radius 2 is 1.77 bits per heavy atom. The van der Waals surface area contributed by atoms with Gasteiger partial charge in [-0.15, -0.1) is 0 Å². The van der Waals surface area contributed by atoms with Crippen molar-refractivity contribution in [3.63, 3.8) is 0 Å². The first-order valence-corrected chi connectivity index (χ1v) is 10.3. The molecule has 0 saturated carbocycles. The summed E-state index contributed by atoms with van der Waals surface area (Å²) in [4.78, 5) is 49.9. The predicted octanol–water partition coefficient (Wildman–Crippen LogP) is 2.45. The Labute approximate surface area is 188 Å². The summed E-state index contributed by atoms with van der Waals surface area (Å²) in [7, 11) is 0. The lowest BCUT2D eigenvalue weighted by atomic mass is 10.1. The monoisotopic (exact) mass is 462 g/mol. The molecule has 0 radical (unpaired) electrons. The summed E-state index contributed by atoms with van der Waals surface area (Å²) >= 11 is 12.1. The molecule has 1 saturated heterocycles. The lowest BCUT2D eigenvalue weighted by molar-refractivity contribution is -0.119. The van der Waals surface area contributed by atoms with Crippen molar-refractivity contribution in [3.8, 4) is 0 Å². The van der Waals surface area contributed by atoms with Crippen molar-refractivity contribution in [3.05, 3.63) is 63.6 Å². The van der Waals surface area contributed by atoms with Crippen LogP contribution < -0.4 is 16.4 Å². The van der Waals surface area contributed by atoms with Gasteiger partial charge in [-0.25, -0.2) is 0 Å². The zero-order chi connectivity index (χ0) is 22.5. The van der Waals surface area contributed by atoms with Crippen LogP contribution in [0.2, 0.25) is 10.0 Å². The number of nitrogens with one attached hydrogen (secondary N) is 2. The Morgan fingerprint density at radius 1 is 1.06 bits per heavy atom. The molecule has 2 aromatic rings. The highest BCUT2D eigenvalue weighted by atomic mass is 35.5. The molecule has 3 rings (SSSR count). The van der Waals surface area contributed by atoms with Gasteiger partial charge in [-0.1, -0.05) is 23.2 Å². The third-order valence-corrected chi connectivity index (χ3v) is 5.38. The number of anilines is 1. The van der Waals surface area contributed by atoms with Gasteiger partial charge in [-0.2, -0.15) is 0 Å². The minimum atomic E-state index is -0.652. The normalized spacial score (nSPS) is 15.4. The SMILES string of the molecule is NC(=O)CNC(=O)c1ccc(NC(=O)C2CCCN2C(=O)c2cc(Cl)ccc2Cl)cc1. The van der Waals surface area contributed by atoms with E-state index in [4.69, 9.17) is 28.9 Å². The van der Waals surface area contributed by atoms with E-state index in [0.717, 1.165) is 0 Å². The van der Waals surface area contributed by atoms with Gasteiger partial charge in [0.25, 0.3) is 11.8 Å². The van der Waals surface area contributed by atoms with Gasteiger partial charge in [0, 0.05) is 22.8 Å². The van der Waals surface area contributed by atoms with E-state index in [-0.39, 0.29) is 28.9 Å². The summed E-state index contributed by atoms with van der Waals surface area (Å²) < 4.78 is 0. The number of likely N-dealkylation sites (tertiary alicyclic amines) is 1. The van der Waals surface area contributed by atoms with E-state index in [1.807, 2.05) is 0 Å². The van der Waals surface area contributed by atoms with Gasteiger partial charge >= 0.3 is 0 Å². The fourth-order valence-electron chi connectivity index (χ4n) is 3.30. The Hall–Kier alpha value is -3.10. The molecule has 10 heteroatoms. The van der Waals surface area contributed by atoms with Crippen LogP contribution in [0.15, 0.2) is 42.5 Å². The molecule has 8 nitrogen and oxygen atoms in total. The van der Waals surface area contributed by atoms with Crippen molar-refractivity contribution in [1.29, 1.82) is 0 Å². The van der Waals surface area contributed by atoms with Gasteiger partial charge in [0.05, 0.1) is 17.1 Å². The largest absolute Gasteiger partial charge is 0.368 e. The van der Waals surface area contributed by atoms with Crippen LogP contribution >= 0.6 is 23.2 Å². The van der Waals surface area contributed by atoms with E-state index in [1.54, 1.807) is 24.3 Å². The van der Waals surface area contributed by atoms with Gasteiger partial charge < -0.3 is 21.3 Å². The van der Waals surface area contributed by atoms with Crippen molar-refractivity contribution < 1.29 is 19.2 Å². The number of nitrogens with two attached hydrogens (primary N) is 1. The van der Waals surface area contributed by atoms with Crippen molar-refractivity contribution >= 4 is 52.5 Å². The lowest BCUT2D eigenvalue weighted by Crippen LogP contribution is -2.43. The fraction of sp³-hybridized carbons (Fsp3) is 0.238. The summed E-state index contributed by atoms with van der Waals surface area (Å²) in [6.45, 7) is 0.165. The molecule has 1 fully saturated rings. The molecular weight excluding hydrogens is 443 g/mol. The van der Waals surface area contributed by atoms with E-state index >= 15 is 0 Å². The predicted molar refractivity (Wildman–Crippen MR) is 117 cm³/mol. The van der Waals surface area contributed by atoms with Gasteiger partial charge in [-0.3, -0.25) is 19.2 Å². The Balaban J connectivity index is 1.67. The van der Waals surface area contributed by atoms with Crippen LogP contribution in [0, 0.1) is 0 Å². The maximum atomic E-state index is 12.9. The molecule has 0 bridgehead atoms. The number of hydrogen-bond donors (Lipinski definition) is 3. The van der Waals surface area contributed by atoms with E-state index < -0.39 is 17.9 Å². The van der Waals surface area contributed by atoms with E-state index in [2.05, 4.69) is 10.6 Å². The molecule has 0 spiro atoms. The number of carbonyl (C=O) groups excluding carboxylic acids is 4. The van der Waals surface area contributed by atoms with Gasteiger partial charge in [0.1, 0.15) is 6.04 Å². The molecule has 1 atom stereocenters. The van der Waals surface area contributed by atoms with Crippen molar-refractivity contribution in [1.82, 2.24) is 10.2 Å². The van der Waals surface area contributed by atoms with Crippen LogP contribution in [0.25, 0.3) is 0 Å². The zero-order valence-electron chi connectivity index (χ0n) is 16.4. The smallest absolute Gasteiger partial charge is 0.256 e. The number of nitrogens with zero attached hydrogens (tertiary/aromatic N) is 1. The standard InChI is InChI=1S/C21H20Cl2N4O4/c22-13-5-8-16(23)15(10-13)21(31)27-9-1-2-17(27)20(30)26-14-6-3-12(4-7-14)19(29)25-11-18(24)28/h3-8,10,17H,1-2,9,11H2,(H2,24,28)(H,25,29)(H,26,30). The Kier molecular flexibility index (Phi) is 7.14. The molecule has 4 amide bonds. The fourth-order valence-corrected chi connectivity index (χ4v) is 3.67. The molecule has 0 aliphatic carbocycles. The van der Waals surface area contributed by atoms with Crippen LogP contribution in [0.3, 0.4) is 0 Å². The second-order valence-electron chi connectivity index (χ2n) is 7.00. The molecule has 1 aliphatic rings. The highest BCUT2D eigenvalue weighted by Crippen LogP contribution is 2.27. The summed E-state index contributed by atoms with van der Waals surface area (Å²) in [5, 5.41) is 5.80. The topological polar surface area (TPSA) is 122 Å². The molecule has 1 unspecified atom stereocenters. The number of amides is 4. The number of carbonyl (C=O) groups is 4. The maximum absolute atomic E-state index is 12.9.